The summed E-state index contributed by atoms with van der Waals surface area (Å²) in [7, 11) is 0. The van der Waals surface area contributed by atoms with Gasteiger partial charge in [-0.1, -0.05) is 12.1 Å². The first-order valence-electron chi connectivity index (χ1n) is 3.87. The molecule has 0 bridgehead atoms. The molecule has 1 atom stereocenters. The highest BCUT2D eigenvalue weighted by molar-refractivity contribution is 5.76. The van der Waals surface area contributed by atoms with Crippen LogP contribution in [-0.4, -0.2) is 22.7 Å². The largest absolute Gasteiger partial charge is 0.508 e. The average Bonchev–Trinajstić information content (AvgIpc) is 2.09. The van der Waals surface area contributed by atoms with Crippen molar-refractivity contribution in [1.82, 2.24) is 0 Å². The minimum absolute atomic E-state index is 0.0557. The Morgan fingerprint density at radius 3 is 2.31 bits per heavy atom. The highest BCUT2D eigenvalue weighted by atomic mass is 16.4. The zero-order chi connectivity index (χ0) is 9.84. The smallest absolute Gasteiger partial charge is 0.312 e. The summed E-state index contributed by atoms with van der Waals surface area (Å²) in [5.74, 6) is -1.53. The molecule has 0 aromatic heterocycles. The monoisotopic (exact) mass is 181 g/mol. The Labute approximate surface area is 75.6 Å². The van der Waals surface area contributed by atoms with Crippen LogP contribution in [0.1, 0.15) is 11.5 Å². The van der Waals surface area contributed by atoms with Crippen molar-refractivity contribution in [3.8, 4) is 5.75 Å². The number of hydrogen-bond acceptors (Lipinski definition) is 3. The average molecular weight is 181 g/mol. The van der Waals surface area contributed by atoms with Gasteiger partial charge in [0.05, 0.1) is 5.92 Å². The number of aliphatic carboxylic acids is 1. The second-order valence-electron chi connectivity index (χ2n) is 2.72. The van der Waals surface area contributed by atoms with Crippen LogP contribution in [0.5, 0.6) is 5.75 Å². The third-order valence-corrected chi connectivity index (χ3v) is 1.83. The van der Waals surface area contributed by atoms with Gasteiger partial charge >= 0.3 is 5.97 Å². The van der Waals surface area contributed by atoms with Crippen molar-refractivity contribution < 1.29 is 15.0 Å². The first-order valence-corrected chi connectivity index (χ1v) is 3.87. The third-order valence-electron chi connectivity index (χ3n) is 1.83. The number of hydrogen-bond donors (Lipinski definition) is 3. The molecule has 0 saturated carbocycles. The second kappa shape index (κ2) is 3.91. The van der Waals surface area contributed by atoms with Gasteiger partial charge < -0.3 is 15.9 Å². The maximum atomic E-state index is 10.7. The number of carboxylic acids is 1. The molecule has 1 aromatic rings. The molecule has 13 heavy (non-hydrogen) atoms. The van der Waals surface area contributed by atoms with Crippen molar-refractivity contribution in [2.24, 2.45) is 5.73 Å². The second-order valence-corrected chi connectivity index (χ2v) is 2.72. The molecule has 1 aromatic carbocycles. The van der Waals surface area contributed by atoms with Crippen molar-refractivity contribution in [3.63, 3.8) is 0 Å². The van der Waals surface area contributed by atoms with Gasteiger partial charge in [-0.2, -0.15) is 0 Å². The molecule has 0 amide bonds. The normalized spacial score (nSPS) is 12.4. The lowest BCUT2D eigenvalue weighted by atomic mass is 10.00. The number of aromatic hydroxyl groups is 1. The number of carboxylic acid groups (broad SMARTS) is 1. The first-order chi connectivity index (χ1) is 6.15. The Hall–Kier alpha value is -1.55. The van der Waals surface area contributed by atoms with Gasteiger partial charge in [0.2, 0.25) is 0 Å². The fourth-order valence-corrected chi connectivity index (χ4v) is 1.09. The van der Waals surface area contributed by atoms with Gasteiger partial charge in [-0.3, -0.25) is 4.79 Å². The van der Waals surface area contributed by atoms with Crippen LogP contribution in [0.25, 0.3) is 0 Å². The van der Waals surface area contributed by atoms with Crippen LogP contribution in [0.3, 0.4) is 0 Å². The SMILES string of the molecule is NCC(C(=O)O)c1ccc(O)cc1. The molecule has 0 saturated heterocycles. The number of phenols is 1. The Morgan fingerprint density at radius 1 is 1.38 bits per heavy atom. The molecule has 0 aliphatic rings. The minimum atomic E-state index is -0.951. The predicted molar refractivity (Wildman–Crippen MR) is 47.5 cm³/mol. The van der Waals surface area contributed by atoms with Gasteiger partial charge in [0.15, 0.2) is 0 Å². The van der Waals surface area contributed by atoms with Crippen molar-refractivity contribution in [2.45, 2.75) is 5.92 Å². The van der Waals surface area contributed by atoms with Crippen LogP contribution in [0, 0.1) is 0 Å². The molecule has 0 heterocycles. The summed E-state index contributed by atoms with van der Waals surface area (Å²) in [5, 5.41) is 17.7. The molecule has 4 N–H and O–H groups in total. The van der Waals surface area contributed by atoms with E-state index in [1.165, 1.54) is 12.1 Å². The zero-order valence-corrected chi connectivity index (χ0v) is 6.97. The van der Waals surface area contributed by atoms with Crippen molar-refractivity contribution >= 4 is 5.97 Å². The molecular formula is C9H11NO3. The van der Waals surface area contributed by atoms with E-state index < -0.39 is 11.9 Å². The van der Waals surface area contributed by atoms with Crippen LogP contribution in [0.4, 0.5) is 0 Å². The van der Waals surface area contributed by atoms with Gasteiger partial charge in [0, 0.05) is 6.54 Å². The lowest BCUT2D eigenvalue weighted by molar-refractivity contribution is -0.138. The predicted octanol–water partition coefficient (Wildman–Crippen LogP) is 0.519. The Kier molecular flexibility index (Phi) is 2.87. The number of benzene rings is 1. The van der Waals surface area contributed by atoms with Crippen LogP contribution in [-0.2, 0) is 4.79 Å². The first kappa shape index (κ1) is 9.54. The molecule has 1 unspecified atom stereocenters. The lowest BCUT2D eigenvalue weighted by Gasteiger charge is -2.09. The van der Waals surface area contributed by atoms with Crippen molar-refractivity contribution in [1.29, 1.82) is 0 Å². The van der Waals surface area contributed by atoms with Crippen LogP contribution >= 0.6 is 0 Å². The Bertz CT molecular complexity index is 294. The minimum Gasteiger partial charge on any atom is -0.508 e. The molecule has 0 radical (unpaired) electrons. The number of rotatable bonds is 3. The highest BCUT2D eigenvalue weighted by Crippen LogP contribution is 2.17. The van der Waals surface area contributed by atoms with Crippen molar-refractivity contribution in [2.75, 3.05) is 6.54 Å². The molecule has 0 fully saturated rings. The van der Waals surface area contributed by atoms with E-state index in [1.807, 2.05) is 0 Å². The quantitative estimate of drug-likeness (QED) is 0.634. The summed E-state index contributed by atoms with van der Waals surface area (Å²) in [5.41, 5.74) is 5.90. The van der Waals surface area contributed by atoms with E-state index in [0.717, 1.165) is 0 Å². The van der Waals surface area contributed by atoms with E-state index in [1.54, 1.807) is 12.1 Å². The van der Waals surface area contributed by atoms with Crippen LogP contribution in [0.2, 0.25) is 0 Å². The molecule has 0 spiro atoms. The molecule has 0 aliphatic carbocycles. The lowest BCUT2D eigenvalue weighted by Crippen LogP contribution is -2.20. The fraction of sp³-hybridized carbons (Fsp3) is 0.222. The maximum absolute atomic E-state index is 10.7. The molecular weight excluding hydrogens is 170 g/mol. The molecule has 4 nitrogen and oxygen atoms in total. The summed E-state index contributed by atoms with van der Waals surface area (Å²) in [4.78, 5) is 10.7. The summed E-state index contributed by atoms with van der Waals surface area (Å²) < 4.78 is 0. The van der Waals surface area contributed by atoms with E-state index in [0.29, 0.717) is 5.56 Å². The highest BCUT2D eigenvalue weighted by Gasteiger charge is 2.17. The Morgan fingerprint density at radius 2 is 1.92 bits per heavy atom. The van der Waals surface area contributed by atoms with Gasteiger partial charge in [-0.25, -0.2) is 0 Å². The third kappa shape index (κ3) is 2.19. The molecule has 0 aliphatic heterocycles. The summed E-state index contributed by atoms with van der Waals surface area (Å²) in [6.07, 6.45) is 0. The molecule has 1 rings (SSSR count). The standard InChI is InChI=1S/C9H11NO3/c10-5-8(9(12)13)6-1-3-7(11)4-2-6/h1-4,8,11H,5,10H2,(H,12,13). The van der Waals surface area contributed by atoms with Crippen LogP contribution in [0.15, 0.2) is 24.3 Å². The van der Waals surface area contributed by atoms with Gasteiger partial charge in [-0.15, -0.1) is 0 Å². The van der Waals surface area contributed by atoms with E-state index in [9.17, 15) is 4.79 Å². The van der Waals surface area contributed by atoms with E-state index in [-0.39, 0.29) is 12.3 Å². The van der Waals surface area contributed by atoms with Gasteiger partial charge in [-0.05, 0) is 17.7 Å². The van der Waals surface area contributed by atoms with E-state index in [2.05, 4.69) is 0 Å². The van der Waals surface area contributed by atoms with Crippen LogP contribution < -0.4 is 5.73 Å². The number of phenolic OH excluding ortho intramolecular Hbond substituents is 1. The fourth-order valence-electron chi connectivity index (χ4n) is 1.09. The summed E-state index contributed by atoms with van der Waals surface area (Å²) in [6, 6.07) is 6.00. The molecule has 70 valence electrons. The van der Waals surface area contributed by atoms with E-state index >= 15 is 0 Å². The number of nitrogens with two attached hydrogens (primary N) is 1. The van der Waals surface area contributed by atoms with Gasteiger partial charge in [0.25, 0.3) is 0 Å². The Balaban J connectivity index is 2.92. The van der Waals surface area contributed by atoms with Crippen molar-refractivity contribution in [3.05, 3.63) is 29.8 Å². The maximum Gasteiger partial charge on any atom is 0.312 e. The van der Waals surface area contributed by atoms with Gasteiger partial charge in [0.1, 0.15) is 5.75 Å². The number of carbonyl (C=O) groups is 1. The van der Waals surface area contributed by atoms with E-state index in [4.69, 9.17) is 15.9 Å². The topological polar surface area (TPSA) is 83.6 Å². The summed E-state index contributed by atoms with van der Waals surface area (Å²) in [6.45, 7) is 0.0557. The molecule has 4 heteroatoms. The zero-order valence-electron chi connectivity index (χ0n) is 6.97. The summed E-state index contributed by atoms with van der Waals surface area (Å²) >= 11 is 0.